The first kappa shape index (κ1) is 16.3. The predicted molar refractivity (Wildman–Crippen MR) is 87.7 cm³/mol. The first-order valence-corrected chi connectivity index (χ1v) is 7.97. The minimum Gasteiger partial charge on any atom is -0.494 e. The van der Waals surface area contributed by atoms with Crippen molar-refractivity contribution in [3.63, 3.8) is 0 Å². The van der Waals surface area contributed by atoms with E-state index in [1.807, 2.05) is 19.1 Å². The molecular formula is C17H29N3O. The second kappa shape index (κ2) is 7.78. The maximum absolute atomic E-state index is 6.33. The van der Waals surface area contributed by atoms with Gasteiger partial charge in [0, 0.05) is 25.2 Å². The minimum absolute atomic E-state index is 0.0531. The van der Waals surface area contributed by atoms with Crippen LogP contribution in [0.25, 0.3) is 0 Å². The Balaban J connectivity index is 1.83. The Hall–Kier alpha value is -1.10. The van der Waals surface area contributed by atoms with Crippen molar-refractivity contribution in [2.24, 2.45) is 5.73 Å². The van der Waals surface area contributed by atoms with E-state index in [2.05, 4.69) is 36.0 Å². The van der Waals surface area contributed by atoms with Crippen LogP contribution >= 0.6 is 0 Å². The van der Waals surface area contributed by atoms with E-state index in [9.17, 15) is 0 Å². The summed E-state index contributed by atoms with van der Waals surface area (Å²) >= 11 is 0. The lowest BCUT2D eigenvalue weighted by atomic mass is 10.1. The Morgan fingerprint density at radius 1 is 1.38 bits per heavy atom. The average Bonchev–Trinajstić information content (AvgIpc) is 2.85. The van der Waals surface area contributed by atoms with Gasteiger partial charge < -0.3 is 20.3 Å². The van der Waals surface area contributed by atoms with Gasteiger partial charge in [0.25, 0.3) is 0 Å². The van der Waals surface area contributed by atoms with E-state index in [0.29, 0.717) is 12.6 Å². The molecule has 0 saturated carbocycles. The highest BCUT2D eigenvalue weighted by Crippen LogP contribution is 2.19. The van der Waals surface area contributed by atoms with Crippen LogP contribution in [0.1, 0.15) is 31.4 Å². The molecule has 21 heavy (non-hydrogen) atoms. The molecule has 1 fully saturated rings. The number of hydrogen-bond acceptors (Lipinski definition) is 4. The van der Waals surface area contributed by atoms with Gasteiger partial charge in [0.05, 0.1) is 6.61 Å². The molecule has 2 rings (SSSR count). The maximum Gasteiger partial charge on any atom is 0.119 e. The number of benzene rings is 1. The summed E-state index contributed by atoms with van der Waals surface area (Å²) < 4.78 is 5.47. The van der Waals surface area contributed by atoms with Crippen molar-refractivity contribution in [3.8, 4) is 5.75 Å². The van der Waals surface area contributed by atoms with Crippen LogP contribution < -0.4 is 10.5 Å². The highest BCUT2D eigenvalue weighted by molar-refractivity contribution is 5.29. The second-order valence-electron chi connectivity index (χ2n) is 6.11. The highest BCUT2D eigenvalue weighted by atomic mass is 16.5. The number of ether oxygens (including phenoxy) is 1. The topological polar surface area (TPSA) is 41.7 Å². The van der Waals surface area contributed by atoms with E-state index in [1.165, 1.54) is 24.9 Å². The lowest BCUT2D eigenvalue weighted by Gasteiger charge is -2.27. The summed E-state index contributed by atoms with van der Waals surface area (Å²) in [7, 11) is 4.39. The van der Waals surface area contributed by atoms with Crippen LogP contribution in [0.3, 0.4) is 0 Å². The maximum atomic E-state index is 6.33. The largest absolute Gasteiger partial charge is 0.494 e. The molecule has 2 unspecified atom stereocenters. The molecule has 1 heterocycles. The van der Waals surface area contributed by atoms with Crippen molar-refractivity contribution in [1.82, 2.24) is 9.80 Å². The van der Waals surface area contributed by atoms with Gasteiger partial charge in [-0.25, -0.2) is 0 Å². The lowest BCUT2D eigenvalue weighted by Crippen LogP contribution is -2.39. The summed E-state index contributed by atoms with van der Waals surface area (Å²) in [6, 6.07) is 8.89. The van der Waals surface area contributed by atoms with Crippen molar-refractivity contribution < 1.29 is 4.74 Å². The van der Waals surface area contributed by atoms with Crippen LogP contribution in [-0.2, 0) is 0 Å². The molecule has 1 aromatic carbocycles. The van der Waals surface area contributed by atoms with Gasteiger partial charge >= 0.3 is 0 Å². The van der Waals surface area contributed by atoms with Crippen LogP contribution in [0.2, 0.25) is 0 Å². The van der Waals surface area contributed by atoms with Crippen LogP contribution in [0, 0.1) is 0 Å². The van der Waals surface area contributed by atoms with E-state index in [4.69, 9.17) is 10.5 Å². The van der Waals surface area contributed by atoms with Crippen LogP contribution in [0.5, 0.6) is 5.75 Å². The Morgan fingerprint density at radius 3 is 2.67 bits per heavy atom. The van der Waals surface area contributed by atoms with Gasteiger partial charge in [-0.15, -0.1) is 0 Å². The van der Waals surface area contributed by atoms with Gasteiger partial charge in [0.1, 0.15) is 5.75 Å². The minimum atomic E-state index is 0.0531. The molecule has 0 bridgehead atoms. The molecule has 4 nitrogen and oxygen atoms in total. The molecule has 0 spiro atoms. The number of nitrogens with zero attached hydrogens (tertiary/aromatic N) is 2. The van der Waals surface area contributed by atoms with Crippen LogP contribution in [0.4, 0.5) is 0 Å². The fourth-order valence-corrected chi connectivity index (χ4v) is 3.06. The predicted octanol–water partition coefficient (Wildman–Crippen LogP) is 2.11. The first-order chi connectivity index (χ1) is 10.1. The Morgan fingerprint density at radius 2 is 2.10 bits per heavy atom. The van der Waals surface area contributed by atoms with Gasteiger partial charge in [-0.3, -0.25) is 0 Å². The van der Waals surface area contributed by atoms with Gasteiger partial charge in [0.15, 0.2) is 0 Å². The van der Waals surface area contributed by atoms with E-state index in [0.717, 1.165) is 18.8 Å². The standard InChI is InChI=1S/C17H29N3O/c1-4-21-16-9-7-14(8-10-16)17(18)13-19(2)12-15-6-5-11-20(15)3/h7-10,15,17H,4-6,11-13,18H2,1-3H3. The molecule has 1 saturated heterocycles. The van der Waals surface area contributed by atoms with Crippen LogP contribution in [-0.4, -0.2) is 56.2 Å². The Kier molecular flexibility index (Phi) is 6.03. The molecule has 4 heteroatoms. The smallest absolute Gasteiger partial charge is 0.119 e. The molecule has 0 radical (unpaired) electrons. The summed E-state index contributed by atoms with van der Waals surface area (Å²) in [4.78, 5) is 4.81. The third kappa shape index (κ3) is 4.70. The molecule has 1 aromatic rings. The van der Waals surface area contributed by atoms with E-state index >= 15 is 0 Å². The van der Waals surface area contributed by atoms with E-state index < -0.39 is 0 Å². The normalized spacial score (nSPS) is 20.9. The number of likely N-dealkylation sites (tertiary alicyclic amines) is 1. The fraction of sp³-hybridized carbons (Fsp3) is 0.647. The zero-order valence-corrected chi connectivity index (χ0v) is 13.6. The lowest BCUT2D eigenvalue weighted by molar-refractivity contribution is 0.213. The third-order valence-electron chi connectivity index (χ3n) is 4.32. The third-order valence-corrected chi connectivity index (χ3v) is 4.32. The van der Waals surface area contributed by atoms with E-state index in [-0.39, 0.29) is 6.04 Å². The van der Waals surface area contributed by atoms with Gasteiger partial charge in [-0.05, 0) is 58.1 Å². The zero-order chi connectivity index (χ0) is 15.2. The first-order valence-electron chi connectivity index (χ1n) is 7.97. The molecule has 118 valence electrons. The van der Waals surface area contributed by atoms with E-state index in [1.54, 1.807) is 0 Å². The van der Waals surface area contributed by atoms with Crippen molar-refractivity contribution >= 4 is 0 Å². The SMILES string of the molecule is CCOc1ccc(C(N)CN(C)CC2CCCN2C)cc1. The Bertz CT molecular complexity index is 421. The molecule has 0 aliphatic carbocycles. The summed E-state index contributed by atoms with van der Waals surface area (Å²) in [6.45, 7) is 5.90. The molecule has 1 aliphatic rings. The molecule has 0 amide bonds. The molecule has 2 atom stereocenters. The van der Waals surface area contributed by atoms with Gasteiger partial charge in [0.2, 0.25) is 0 Å². The summed E-state index contributed by atoms with van der Waals surface area (Å²) in [5.74, 6) is 0.911. The van der Waals surface area contributed by atoms with Crippen molar-refractivity contribution in [2.45, 2.75) is 31.8 Å². The van der Waals surface area contributed by atoms with Crippen LogP contribution in [0.15, 0.2) is 24.3 Å². The number of hydrogen-bond donors (Lipinski definition) is 1. The summed E-state index contributed by atoms with van der Waals surface area (Å²) in [5, 5.41) is 0. The monoisotopic (exact) mass is 291 g/mol. The number of likely N-dealkylation sites (N-methyl/N-ethyl adjacent to an activating group) is 2. The number of nitrogens with two attached hydrogens (primary N) is 1. The molecule has 1 aliphatic heterocycles. The van der Waals surface area contributed by atoms with Crippen molar-refractivity contribution in [3.05, 3.63) is 29.8 Å². The quantitative estimate of drug-likeness (QED) is 0.835. The highest BCUT2D eigenvalue weighted by Gasteiger charge is 2.22. The van der Waals surface area contributed by atoms with Crippen molar-refractivity contribution in [2.75, 3.05) is 40.3 Å². The molecule has 0 aromatic heterocycles. The number of rotatable bonds is 7. The zero-order valence-electron chi connectivity index (χ0n) is 13.6. The average molecular weight is 291 g/mol. The van der Waals surface area contributed by atoms with Gasteiger partial charge in [-0.1, -0.05) is 12.1 Å². The fourth-order valence-electron chi connectivity index (χ4n) is 3.06. The molecule has 2 N–H and O–H groups in total. The van der Waals surface area contributed by atoms with Gasteiger partial charge in [-0.2, -0.15) is 0 Å². The molecular weight excluding hydrogens is 262 g/mol. The Labute approximate surface area is 128 Å². The van der Waals surface area contributed by atoms with Crippen molar-refractivity contribution in [1.29, 1.82) is 0 Å². The second-order valence-corrected chi connectivity index (χ2v) is 6.11. The summed E-state index contributed by atoms with van der Waals surface area (Å²) in [5.41, 5.74) is 7.50. The summed E-state index contributed by atoms with van der Waals surface area (Å²) in [6.07, 6.45) is 2.62.